The largest absolute Gasteiger partial charge is 0.366 e. The number of carbonyl (C=O) groups is 1. The van der Waals surface area contributed by atoms with Crippen LogP contribution in [0.15, 0.2) is 57.0 Å². The van der Waals surface area contributed by atoms with Gasteiger partial charge in [0.15, 0.2) is 11.6 Å². The van der Waals surface area contributed by atoms with Gasteiger partial charge >= 0.3 is 0 Å². The Morgan fingerprint density at radius 3 is 2.10 bits per heavy atom. The number of thioether (sulfide) groups is 1. The van der Waals surface area contributed by atoms with Crippen molar-refractivity contribution in [1.82, 2.24) is 19.7 Å². The molecule has 7 nitrogen and oxygen atoms in total. The summed E-state index contributed by atoms with van der Waals surface area (Å²) < 4.78 is 1.28. The highest BCUT2D eigenvalue weighted by Gasteiger charge is 2.33. The minimum Gasteiger partial charge on any atom is -0.366 e. The van der Waals surface area contributed by atoms with Crippen molar-refractivity contribution in [2.75, 3.05) is 13.1 Å². The lowest BCUT2D eigenvalue weighted by Gasteiger charge is -2.33. The number of nitrogens with zero attached hydrogens (tertiary/aromatic N) is 6. The molecule has 3 rings (SSSR count). The summed E-state index contributed by atoms with van der Waals surface area (Å²) in [6.07, 6.45) is 11.1. The smallest absolute Gasteiger partial charge is 0.291 e. The number of benzene rings is 1. The zero-order valence-corrected chi connectivity index (χ0v) is 32.6. The molecule has 0 spiro atoms. The Labute approximate surface area is 301 Å². The van der Waals surface area contributed by atoms with Gasteiger partial charge in [-0.15, -0.1) is 5.10 Å². The Hall–Kier alpha value is -3.44. The van der Waals surface area contributed by atoms with Crippen LogP contribution in [0.2, 0.25) is 0 Å². The number of hydrogen-bond acceptors (Lipinski definition) is 7. The van der Waals surface area contributed by atoms with Gasteiger partial charge in [0.2, 0.25) is 0 Å². The van der Waals surface area contributed by atoms with Crippen LogP contribution in [0.1, 0.15) is 141 Å². The Morgan fingerprint density at radius 1 is 1.00 bits per heavy atom. The first-order chi connectivity index (χ1) is 23.5. The Balaban J connectivity index is 2.17. The fourth-order valence-corrected chi connectivity index (χ4v) is 7.02. The topological polar surface area (TPSA) is 87.2 Å². The molecule has 0 saturated carbocycles. The number of allylic oxidation sites excluding steroid dienone is 3. The van der Waals surface area contributed by atoms with E-state index in [9.17, 15) is 10.1 Å². The summed E-state index contributed by atoms with van der Waals surface area (Å²) in [4.78, 5) is 26.0. The Morgan fingerprint density at radius 2 is 1.59 bits per heavy atom. The highest BCUT2D eigenvalue weighted by molar-refractivity contribution is 8.06. The van der Waals surface area contributed by atoms with Gasteiger partial charge in [-0.3, -0.25) is 4.79 Å². The first-order valence-electron chi connectivity index (χ1n) is 18.6. The molecule has 0 amide bonds. The van der Waals surface area contributed by atoms with Crippen LogP contribution in [0.4, 0.5) is 0 Å². The normalized spacial score (nSPS) is 15.7. The number of aryl methyl sites for hydroxylation is 2. The molecule has 2 aromatic rings. The number of hydrogen-bond donors (Lipinski definition) is 0. The molecule has 2 heterocycles. The quantitative estimate of drug-likeness (QED) is 0.138. The van der Waals surface area contributed by atoms with E-state index in [-0.39, 0.29) is 5.57 Å². The number of unbranched alkanes of at least 4 members (excludes halogenated alkanes) is 2. The van der Waals surface area contributed by atoms with Gasteiger partial charge in [0.1, 0.15) is 22.4 Å². The van der Waals surface area contributed by atoms with Crippen LogP contribution >= 0.6 is 11.8 Å². The van der Waals surface area contributed by atoms with Crippen molar-refractivity contribution in [1.29, 1.82) is 5.26 Å². The van der Waals surface area contributed by atoms with Gasteiger partial charge in [0, 0.05) is 25.1 Å². The van der Waals surface area contributed by atoms with Gasteiger partial charge in [0.05, 0.1) is 5.03 Å². The Kier molecular flexibility index (Phi) is 16.1. The molecule has 2 unspecified atom stereocenters. The second-order valence-electron chi connectivity index (χ2n) is 14.1. The molecule has 0 bridgehead atoms. The van der Waals surface area contributed by atoms with Gasteiger partial charge in [0.25, 0.3) is 5.91 Å². The zero-order valence-electron chi connectivity index (χ0n) is 31.7. The summed E-state index contributed by atoms with van der Waals surface area (Å²) in [6.45, 7) is 26.1. The molecule has 1 aliphatic heterocycles. The van der Waals surface area contributed by atoms with E-state index in [0.29, 0.717) is 47.1 Å². The van der Waals surface area contributed by atoms with Crippen LogP contribution in [0, 0.1) is 36.0 Å². The summed E-state index contributed by atoms with van der Waals surface area (Å²) in [6, 6.07) is 10.6. The molecule has 2 atom stereocenters. The van der Waals surface area contributed by atoms with Crippen LogP contribution in [0.3, 0.4) is 0 Å². The number of aliphatic imine (C=N–C) groups is 1. The van der Waals surface area contributed by atoms with Crippen molar-refractivity contribution < 1.29 is 4.79 Å². The third kappa shape index (κ3) is 11.0. The molecule has 266 valence electrons. The Bertz CT molecular complexity index is 1540. The van der Waals surface area contributed by atoms with E-state index in [0.717, 1.165) is 53.5 Å². The molecule has 0 fully saturated rings. The number of fused-ring (bicyclic) bond motifs is 1. The monoisotopic (exact) mass is 684 g/mol. The maximum Gasteiger partial charge on any atom is 0.291 e. The third-order valence-corrected chi connectivity index (χ3v) is 10.8. The molecule has 49 heavy (non-hydrogen) atoms. The number of carbonyl (C=O) groups excluding carboxylic acids is 1. The molecule has 0 radical (unpaired) electrons. The summed E-state index contributed by atoms with van der Waals surface area (Å²) in [5.41, 5.74) is 4.34. The molecule has 8 heteroatoms. The highest BCUT2D eigenvalue weighted by Crippen LogP contribution is 2.37. The molecular formula is C41H60N6OS. The minimum absolute atomic E-state index is 0.0489. The summed E-state index contributed by atoms with van der Waals surface area (Å²) >= 11 is 1.59. The molecule has 1 aromatic carbocycles. The van der Waals surface area contributed by atoms with Crippen LogP contribution in [-0.4, -0.2) is 44.4 Å². The predicted molar refractivity (Wildman–Crippen MR) is 207 cm³/mol. The molecule has 0 aliphatic carbocycles. The third-order valence-electron chi connectivity index (χ3n) is 9.69. The van der Waals surface area contributed by atoms with Crippen LogP contribution in [0.25, 0.3) is 5.57 Å². The van der Waals surface area contributed by atoms with E-state index in [1.54, 1.807) is 18.7 Å². The van der Waals surface area contributed by atoms with Gasteiger partial charge in [-0.2, -0.15) is 9.94 Å². The lowest BCUT2D eigenvalue weighted by Crippen LogP contribution is -2.32. The SMILES string of the molecule is C=C(SC(/N=C1/C(C)=C(C#N)C(=O)n2nc(CCC(C)C)nc21)=C(\C)c1ccc(C)cc1)N(CC(CC)CCCC)CC(CC)CCCC. The number of rotatable bonds is 20. The number of aromatic nitrogens is 3. The van der Waals surface area contributed by atoms with Gasteiger partial charge < -0.3 is 4.90 Å². The van der Waals surface area contributed by atoms with E-state index in [1.165, 1.54) is 48.8 Å². The van der Waals surface area contributed by atoms with Gasteiger partial charge in [-0.1, -0.05) is 128 Å². The van der Waals surface area contributed by atoms with Gasteiger partial charge in [-0.05, 0) is 68.9 Å². The maximum absolute atomic E-state index is 13.4. The summed E-state index contributed by atoms with van der Waals surface area (Å²) in [5, 5.41) is 16.4. The predicted octanol–water partition coefficient (Wildman–Crippen LogP) is 10.8. The molecule has 0 saturated heterocycles. The summed E-state index contributed by atoms with van der Waals surface area (Å²) in [7, 11) is 0. The van der Waals surface area contributed by atoms with E-state index in [4.69, 9.17) is 16.6 Å². The van der Waals surface area contributed by atoms with Crippen LogP contribution < -0.4 is 0 Å². The van der Waals surface area contributed by atoms with E-state index < -0.39 is 5.91 Å². The van der Waals surface area contributed by atoms with Crippen molar-refractivity contribution in [3.8, 4) is 6.07 Å². The fraction of sp³-hybridized carbons (Fsp3) is 0.585. The van der Waals surface area contributed by atoms with E-state index >= 15 is 0 Å². The van der Waals surface area contributed by atoms with E-state index in [2.05, 4.69) is 95.7 Å². The lowest BCUT2D eigenvalue weighted by molar-refractivity contribution is 0.0941. The maximum atomic E-state index is 13.4. The van der Waals surface area contributed by atoms with Crippen LogP contribution in [0.5, 0.6) is 0 Å². The molecule has 1 aliphatic rings. The fourth-order valence-electron chi connectivity index (χ4n) is 6.12. The highest BCUT2D eigenvalue weighted by atomic mass is 32.2. The summed E-state index contributed by atoms with van der Waals surface area (Å²) in [5.74, 6) is 2.20. The second-order valence-corrected chi connectivity index (χ2v) is 15.2. The van der Waals surface area contributed by atoms with E-state index in [1.807, 2.05) is 0 Å². The average Bonchev–Trinajstić information content (AvgIpc) is 3.52. The second kappa shape index (κ2) is 19.7. The standard InChI is InChI=1S/C41H60N6OS/c1-11-15-17-33(13-3)26-46(27-34(14-4)18-16-12-2)32(10)49-40(30(8)35-22-20-29(7)21-23-35)44-38-31(9)36(25-42)41(48)47-39(38)43-37(45-47)24-19-28(5)6/h20-23,28,33-34H,10-19,24,26-27H2,1-9H3/b40-30+,44-38-. The van der Waals surface area contributed by atoms with Crippen LogP contribution in [-0.2, 0) is 6.42 Å². The van der Waals surface area contributed by atoms with Gasteiger partial charge in [-0.25, -0.2) is 9.98 Å². The average molecular weight is 685 g/mol. The first-order valence-corrected chi connectivity index (χ1v) is 19.4. The minimum atomic E-state index is -0.448. The first kappa shape index (κ1) is 40.0. The van der Waals surface area contributed by atoms with Crippen molar-refractivity contribution >= 4 is 29.0 Å². The van der Waals surface area contributed by atoms with Crippen molar-refractivity contribution in [3.63, 3.8) is 0 Å². The molecular weight excluding hydrogens is 625 g/mol. The molecule has 0 N–H and O–H groups in total. The molecule has 1 aromatic heterocycles. The van der Waals surface area contributed by atoms with Crippen molar-refractivity contribution in [3.05, 3.63) is 74.8 Å². The number of nitriles is 1. The van der Waals surface area contributed by atoms with Crippen molar-refractivity contribution in [2.45, 2.75) is 127 Å². The zero-order chi connectivity index (χ0) is 36.1. The lowest BCUT2D eigenvalue weighted by atomic mass is 9.96. The van der Waals surface area contributed by atoms with Crippen molar-refractivity contribution in [2.24, 2.45) is 22.7 Å².